The fourth-order valence-corrected chi connectivity index (χ4v) is 2.90. The molecule has 0 unspecified atom stereocenters. The van der Waals surface area contributed by atoms with E-state index >= 15 is 0 Å². The van der Waals surface area contributed by atoms with Crippen LogP contribution in [0.2, 0.25) is 0 Å². The summed E-state index contributed by atoms with van der Waals surface area (Å²) < 4.78 is 10.2. The molecule has 144 valence electrons. The summed E-state index contributed by atoms with van der Waals surface area (Å²) in [7, 11) is 1.32. The molecule has 0 bridgehead atoms. The number of hydrogen-bond acceptors (Lipinski definition) is 6. The van der Waals surface area contributed by atoms with Gasteiger partial charge in [0, 0.05) is 31.9 Å². The van der Waals surface area contributed by atoms with Gasteiger partial charge in [-0.1, -0.05) is 0 Å². The Bertz CT molecular complexity index is 654. The molecule has 1 heterocycles. The summed E-state index contributed by atoms with van der Waals surface area (Å²) in [5, 5.41) is 9.57. The van der Waals surface area contributed by atoms with Crippen LogP contribution in [0.15, 0.2) is 18.2 Å². The van der Waals surface area contributed by atoms with Crippen LogP contribution in [-0.2, 0) is 16.1 Å². The SMILES string of the molecule is COC(=O)c1ccc(N2CCCN(C(=O)OC(C)(C)C)CC2)cc1CO. The van der Waals surface area contributed by atoms with Crippen LogP contribution in [0.3, 0.4) is 0 Å². The molecule has 1 aromatic rings. The van der Waals surface area contributed by atoms with Crippen LogP contribution in [0.25, 0.3) is 0 Å². The van der Waals surface area contributed by atoms with Gasteiger partial charge >= 0.3 is 12.1 Å². The number of aliphatic hydroxyl groups is 1. The largest absolute Gasteiger partial charge is 0.465 e. The standard InChI is InChI=1S/C19H28N2O5/c1-19(2,3)26-18(24)21-9-5-8-20(10-11-21)15-6-7-16(17(23)25-4)14(12-15)13-22/h6-7,12,22H,5,8-11,13H2,1-4H3. The Morgan fingerprint density at radius 2 is 1.88 bits per heavy atom. The van der Waals surface area contributed by atoms with Gasteiger partial charge in [0.25, 0.3) is 0 Å². The second kappa shape index (κ2) is 8.40. The lowest BCUT2D eigenvalue weighted by Gasteiger charge is -2.27. The van der Waals surface area contributed by atoms with Gasteiger partial charge in [-0.05, 0) is 51.0 Å². The zero-order valence-electron chi connectivity index (χ0n) is 15.9. The zero-order valence-corrected chi connectivity index (χ0v) is 15.9. The molecule has 0 radical (unpaired) electrons. The second-order valence-corrected chi connectivity index (χ2v) is 7.30. The molecule has 7 nitrogen and oxygen atoms in total. The minimum Gasteiger partial charge on any atom is -0.465 e. The maximum absolute atomic E-state index is 12.3. The number of rotatable bonds is 3. The molecule has 7 heteroatoms. The highest BCUT2D eigenvalue weighted by molar-refractivity contribution is 5.91. The average molecular weight is 364 g/mol. The molecule has 1 aromatic carbocycles. The molecule has 1 saturated heterocycles. The van der Waals surface area contributed by atoms with Crippen molar-refractivity contribution >= 4 is 17.7 Å². The molecular formula is C19H28N2O5. The molecule has 0 aromatic heterocycles. The Morgan fingerprint density at radius 1 is 1.15 bits per heavy atom. The van der Waals surface area contributed by atoms with Gasteiger partial charge in [0.15, 0.2) is 0 Å². The van der Waals surface area contributed by atoms with E-state index in [1.165, 1.54) is 7.11 Å². The molecule has 2 rings (SSSR count). The third kappa shape index (κ3) is 5.11. The number of methoxy groups -OCH3 is 1. The highest BCUT2D eigenvalue weighted by Crippen LogP contribution is 2.22. The van der Waals surface area contributed by atoms with E-state index in [4.69, 9.17) is 9.47 Å². The number of esters is 1. The van der Waals surface area contributed by atoms with Crippen LogP contribution >= 0.6 is 0 Å². The molecular weight excluding hydrogens is 336 g/mol. The van der Waals surface area contributed by atoms with Crippen molar-refractivity contribution in [1.82, 2.24) is 4.90 Å². The minimum atomic E-state index is -0.511. The third-order valence-corrected chi connectivity index (χ3v) is 4.18. The number of carbonyl (C=O) groups excluding carboxylic acids is 2. The topological polar surface area (TPSA) is 79.3 Å². The van der Waals surface area contributed by atoms with Crippen LogP contribution in [-0.4, -0.2) is 61.0 Å². The van der Waals surface area contributed by atoms with Crippen molar-refractivity contribution in [3.05, 3.63) is 29.3 Å². The van der Waals surface area contributed by atoms with E-state index in [0.29, 0.717) is 30.8 Å². The zero-order chi connectivity index (χ0) is 19.3. The van der Waals surface area contributed by atoms with E-state index in [0.717, 1.165) is 18.7 Å². The smallest absolute Gasteiger partial charge is 0.410 e. The van der Waals surface area contributed by atoms with Gasteiger partial charge in [-0.15, -0.1) is 0 Å². The van der Waals surface area contributed by atoms with Gasteiger partial charge in [0.2, 0.25) is 0 Å². The van der Waals surface area contributed by atoms with E-state index in [1.807, 2.05) is 26.8 Å². The first-order valence-electron chi connectivity index (χ1n) is 8.80. The van der Waals surface area contributed by atoms with Crippen LogP contribution in [0.5, 0.6) is 0 Å². The van der Waals surface area contributed by atoms with Crippen molar-refractivity contribution in [2.75, 3.05) is 38.2 Å². The third-order valence-electron chi connectivity index (χ3n) is 4.18. The van der Waals surface area contributed by atoms with Gasteiger partial charge < -0.3 is 24.4 Å². The first kappa shape index (κ1) is 20.0. The summed E-state index contributed by atoms with van der Waals surface area (Å²) in [6, 6.07) is 5.31. The lowest BCUT2D eigenvalue weighted by Crippen LogP contribution is -2.39. The monoisotopic (exact) mass is 364 g/mol. The number of aliphatic hydroxyl groups excluding tert-OH is 1. The molecule has 1 N–H and O–H groups in total. The summed E-state index contributed by atoms with van der Waals surface area (Å²) in [4.78, 5) is 27.9. The van der Waals surface area contributed by atoms with Gasteiger partial charge in [-0.2, -0.15) is 0 Å². The van der Waals surface area contributed by atoms with Crippen molar-refractivity contribution in [2.45, 2.75) is 39.4 Å². The van der Waals surface area contributed by atoms with Crippen molar-refractivity contribution in [3.63, 3.8) is 0 Å². The predicted octanol–water partition coefficient (Wildman–Crippen LogP) is 2.41. The van der Waals surface area contributed by atoms with Crippen molar-refractivity contribution in [1.29, 1.82) is 0 Å². The number of amides is 1. The fraction of sp³-hybridized carbons (Fsp3) is 0.579. The summed E-state index contributed by atoms with van der Waals surface area (Å²) in [5.41, 5.74) is 1.29. The quantitative estimate of drug-likeness (QED) is 0.830. The Balaban J connectivity index is 2.09. The maximum Gasteiger partial charge on any atom is 0.410 e. The second-order valence-electron chi connectivity index (χ2n) is 7.30. The molecule has 1 aliphatic rings. The predicted molar refractivity (Wildman–Crippen MR) is 98.3 cm³/mol. The highest BCUT2D eigenvalue weighted by Gasteiger charge is 2.25. The highest BCUT2D eigenvalue weighted by atomic mass is 16.6. The number of hydrogen-bond donors (Lipinski definition) is 1. The first-order valence-corrected chi connectivity index (χ1v) is 8.80. The van der Waals surface area contributed by atoms with E-state index in [2.05, 4.69) is 4.90 Å². The molecule has 1 amide bonds. The lowest BCUT2D eigenvalue weighted by molar-refractivity contribution is 0.0263. The lowest BCUT2D eigenvalue weighted by atomic mass is 10.1. The number of benzene rings is 1. The van der Waals surface area contributed by atoms with E-state index in [9.17, 15) is 14.7 Å². The van der Waals surface area contributed by atoms with Crippen LogP contribution in [0, 0.1) is 0 Å². The number of anilines is 1. The number of carbonyl (C=O) groups is 2. The first-order chi connectivity index (χ1) is 12.2. The van der Waals surface area contributed by atoms with Crippen LogP contribution < -0.4 is 4.90 Å². The fourth-order valence-electron chi connectivity index (χ4n) is 2.90. The summed E-state index contributed by atoms with van der Waals surface area (Å²) in [6.45, 7) is 7.96. The minimum absolute atomic E-state index is 0.240. The van der Waals surface area contributed by atoms with Gasteiger partial charge in [0.05, 0.1) is 19.3 Å². The Labute approximate surface area is 154 Å². The summed E-state index contributed by atoms with van der Waals surface area (Å²) in [6.07, 6.45) is 0.517. The van der Waals surface area contributed by atoms with E-state index in [-0.39, 0.29) is 12.7 Å². The van der Waals surface area contributed by atoms with Gasteiger partial charge in [0.1, 0.15) is 5.60 Å². The van der Waals surface area contributed by atoms with Gasteiger partial charge in [-0.3, -0.25) is 0 Å². The molecule has 0 spiro atoms. The Morgan fingerprint density at radius 3 is 2.50 bits per heavy atom. The Kier molecular flexibility index (Phi) is 6.47. The molecule has 1 aliphatic heterocycles. The van der Waals surface area contributed by atoms with Crippen LogP contribution in [0.4, 0.5) is 10.5 Å². The average Bonchev–Trinajstić information content (AvgIpc) is 2.85. The normalized spacial score (nSPS) is 15.4. The van der Waals surface area contributed by atoms with Gasteiger partial charge in [-0.25, -0.2) is 9.59 Å². The molecule has 0 saturated carbocycles. The molecule has 0 aliphatic carbocycles. The van der Waals surface area contributed by atoms with E-state index < -0.39 is 11.6 Å². The van der Waals surface area contributed by atoms with Crippen molar-refractivity contribution < 1.29 is 24.2 Å². The molecule has 0 atom stereocenters. The number of nitrogens with zero attached hydrogens (tertiary/aromatic N) is 2. The maximum atomic E-state index is 12.3. The summed E-state index contributed by atoms with van der Waals surface area (Å²) >= 11 is 0. The molecule has 26 heavy (non-hydrogen) atoms. The summed E-state index contributed by atoms with van der Waals surface area (Å²) in [5.74, 6) is -0.465. The van der Waals surface area contributed by atoms with Crippen molar-refractivity contribution in [2.24, 2.45) is 0 Å². The van der Waals surface area contributed by atoms with Crippen molar-refractivity contribution in [3.8, 4) is 0 Å². The number of ether oxygens (including phenoxy) is 2. The van der Waals surface area contributed by atoms with E-state index in [1.54, 1.807) is 17.0 Å². The molecule has 1 fully saturated rings. The van der Waals surface area contributed by atoms with Crippen LogP contribution in [0.1, 0.15) is 43.1 Å². The Hall–Kier alpha value is -2.28.